The minimum Gasteiger partial charge on any atom is -0.490 e. The van der Waals surface area contributed by atoms with Crippen LogP contribution >= 0.6 is 22.7 Å². The Kier molecular flexibility index (Phi) is 26.4. The van der Waals surface area contributed by atoms with E-state index in [1.807, 2.05) is 126 Å². The Morgan fingerprint density at radius 2 is 1.00 bits per heavy atom. The molecular weight excluding hydrogens is 1230 g/mol. The third-order valence-corrected chi connectivity index (χ3v) is 17.5. The number of amides is 3. The van der Waals surface area contributed by atoms with E-state index in [4.69, 9.17) is 39.5 Å². The summed E-state index contributed by atoms with van der Waals surface area (Å²) in [5, 5.41) is 24.1. The lowest BCUT2D eigenvalue weighted by atomic mass is 9.85. The minimum absolute atomic E-state index is 0. The van der Waals surface area contributed by atoms with Gasteiger partial charge in [0.05, 0.1) is 38.2 Å². The van der Waals surface area contributed by atoms with E-state index in [2.05, 4.69) is 41.9 Å². The molecule has 94 heavy (non-hydrogen) atoms. The lowest BCUT2D eigenvalue weighted by Gasteiger charge is -2.35. The Morgan fingerprint density at radius 3 is 1.38 bits per heavy atom. The number of aromatic carboxylic acids is 1. The van der Waals surface area contributed by atoms with E-state index in [9.17, 15) is 28.8 Å². The van der Waals surface area contributed by atoms with E-state index in [0.717, 1.165) is 44.5 Å². The van der Waals surface area contributed by atoms with Crippen molar-refractivity contribution >= 4 is 81.9 Å². The SMILES string of the molecule is C.C.C.C=CCOc1ccc2c(c1)C(=NO[C@@H]1C[C@@H](C(=O)OC)N(C(=O)[C@@H](N)C(C)(C)C)C1)c1ccccc1-2.C=CCOc1ccc2c(c1)C(=NO[C@@H]1C[C@@H](C(=O)OC)N(C(=O)[C@@H](NC(=O)c3sccc3C=C)C(C)(C)C)C1)c1ccccc1-2.C=Cc1ccsc1C(=O)O. The molecular formula is C73H88N6O13S2. The summed E-state index contributed by atoms with van der Waals surface area (Å²) >= 11 is 2.48. The lowest BCUT2D eigenvalue weighted by molar-refractivity contribution is -0.152. The number of nitrogens with two attached hydrogens (primary N) is 1. The summed E-state index contributed by atoms with van der Waals surface area (Å²) in [5.41, 5.74) is 15.5. The quantitative estimate of drug-likeness (QED) is 0.0387. The number of oxime groups is 2. The fraction of sp³-hybridized carbons (Fsp3) is 0.342. The fourth-order valence-corrected chi connectivity index (χ4v) is 12.4. The maximum atomic E-state index is 14.1. The Labute approximate surface area is 560 Å². The predicted octanol–water partition coefficient (Wildman–Crippen LogP) is 13.2. The van der Waals surface area contributed by atoms with Crippen molar-refractivity contribution in [2.45, 2.75) is 113 Å². The number of benzene rings is 4. The van der Waals surface area contributed by atoms with Gasteiger partial charge in [0.25, 0.3) is 5.91 Å². The van der Waals surface area contributed by atoms with Crippen molar-refractivity contribution in [3.05, 3.63) is 189 Å². The van der Waals surface area contributed by atoms with Crippen LogP contribution in [-0.4, -0.2) is 139 Å². The summed E-state index contributed by atoms with van der Waals surface area (Å²) < 4.78 is 21.5. The third-order valence-electron chi connectivity index (χ3n) is 15.6. The molecule has 4 aromatic carbocycles. The molecule has 2 aromatic heterocycles. The standard InChI is InChI=1S/C35H37N3O6S.C28H33N3O5.C7H6O2S.3CH4/c1-7-16-43-22-13-14-25-24-11-9-10-12-26(24)29(27(25)18-22)37-44-23-19-28(34(41)42-6)38(20-23)33(40)31(35(3,4)5)36-32(39)30-21(8-2)15-17-45-30;1-6-13-35-17-11-12-20-19-9-7-8-10-21(19)24(22(20)14-17)30-36-18-15-23(27(33)34-5)31(16-18)26(32)25(29)28(2,3)4;1-2-5-3-4-10-6(5)7(8)9;;;/h7-15,17-18,23,28,31H,1-2,16,19-20H2,3-6H3,(H,36,39);6-12,14,18,23,25H,1,13,15-16,29H2,2-5H3;2-4H,1H2,(H,8,9);3*1H4/t23-,28+,31-;18-,23+,25-;;;;/m11..../s1. The molecule has 2 fully saturated rings. The van der Waals surface area contributed by atoms with Gasteiger partial charge in [-0.25, -0.2) is 14.4 Å². The van der Waals surface area contributed by atoms with Crippen LogP contribution in [0.2, 0.25) is 0 Å². The van der Waals surface area contributed by atoms with E-state index < -0.39 is 71.0 Å². The molecule has 19 nitrogen and oxygen atoms in total. The highest BCUT2D eigenvalue weighted by Gasteiger charge is 2.48. The molecule has 6 aromatic rings. The van der Waals surface area contributed by atoms with E-state index in [0.29, 0.717) is 57.0 Å². The molecule has 2 saturated heterocycles. The van der Waals surface area contributed by atoms with Gasteiger partial charge in [0, 0.05) is 35.1 Å². The highest BCUT2D eigenvalue weighted by molar-refractivity contribution is 7.12. The number of carbonyl (C=O) groups is 6. The number of methoxy groups -OCH3 is 2. The maximum Gasteiger partial charge on any atom is 0.346 e. The number of hydrogen-bond acceptors (Lipinski definition) is 17. The summed E-state index contributed by atoms with van der Waals surface area (Å²) in [4.78, 5) is 92.2. The molecule has 0 radical (unpaired) electrons. The van der Waals surface area contributed by atoms with Crippen LogP contribution in [0.25, 0.3) is 34.4 Å². The first-order valence-electron chi connectivity index (χ1n) is 29.4. The number of carboxylic acids is 1. The molecule has 4 aliphatic rings. The molecule has 2 aliphatic carbocycles. The molecule has 3 amide bonds. The molecule has 0 bridgehead atoms. The first kappa shape index (κ1) is 75.3. The van der Waals surface area contributed by atoms with Crippen molar-refractivity contribution in [2.75, 3.05) is 40.5 Å². The summed E-state index contributed by atoms with van der Waals surface area (Å²) in [7, 11) is 2.59. The smallest absolute Gasteiger partial charge is 0.346 e. The first-order chi connectivity index (χ1) is 43.5. The van der Waals surface area contributed by atoms with Crippen molar-refractivity contribution in [1.29, 1.82) is 0 Å². The van der Waals surface area contributed by atoms with Crippen LogP contribution in [0, 0.1) is 10.8 Å². The van der Waals surface area contributed by atoms with Crippen LogP contribution in [0.3, 0.4) is 0 Å². The number of rotatable bonds is 19. The highest BCUT2D eigenvalue weighted by atomic mass is 32.1. The van der Waals surface area contributed by atoms with Gasteiger partial charge in [-0.15, -0.1) is 22.7 Å². The monoisotopic (exact) mass is 1320 g/mol. The molecule has 10 rings (SSSR count). The van der Waals surface area contributed by atoms with Crippen LogP contribution in [0.15, 0.2) is 157 Å². The Hall–Kier alpha value is -9.44. The highest BCUT2D eigenvalue weighted by Crippen LogP contribution is 2.41. The van der Waals surface area contributed by atoms with Crippen LogP contribution in [0.5, 0.6) is 11.5 Å². The Balaban J connectivity index is 0.000000293. The number of carboxylic acid groups (broad SMARTS) is 1. The number of likely N-dealkylation sites (tertiary alicyclic amines) is 2. The van der Waals surface area contributed by atoms with Gasteiger partial charge in [0.2, 0.25) is 11.8 Å². The van der Waals surface area contributed by atoms with Gasteiger partial charge >= 0.3 is 17.9 Å². The number of hydrogen-bond donors (Lipinski definition) is 3. The van der Waals surface area contributed by atoms with Crippen molar-refractivity contribution in [1.82, 2.24) is 15.1 Å². The number of fused-ring (bicyclic) bond motifs is 6. The van der Waals surface area contributed by atoms with Crippen molar-refractivity contribution in [3.63, 3.8) is 0 Å². The Bertz CT molecular complexity index is 3810. The molecule has 4 N–H and O–H groups in total. The van der Waals surface area contributed by atoms with Gasteiger partial charge in [-0.2, -0.15) is 0 Å². The predicted molar refractivity (Wildman–Crippen MR) is 375 cm³/mol. The van der Waals surface area contributed by atoms with Crippen LogP contribution in [0.1, 0.15) is 129 Å². The van der Waals surface area contributed by atoms with Crippen molar-refractivity contribution in [3.8, 4) is 33.8 Å². The molecule has 500 valence electrons. The van der Waals surface area contributed by atoms with Crippen LogP contribution < -0.4 is 20.5 Å². The average Bonchev–Trinajstić information content (AvgIpc) is 1.62. The minimum atomic E-state index is -0.926. The van der Waals surface area contributed by atoms with Crippen molar-refractivity contribution < 1.29 is 62.5 Å². The van der Waals surface area contributed by atoms with Gasteiger partial charge < -0.3 is 54.6 Å². The van der Waals surface area contributed by atoms with E-state index in [-0.39, 0.29) is 60.0 Å². The second kappa shape index (κ2) is 32.9. The van der Waals surface area contributed by atoms with Gasteiger partial charge in [-0.05, 0) is 104 Å². The number of thiophene rings is 2. The van der Waals surface area contributed by atoms with E-state index in [1.54, 1.807) is 47.2 Å². The zero-order chi connectivity index (χ0) is 65.9. The van der Waals surface area contributed by atoms with E-state index >= 15 is 0 Å². The summed E-state index contributed by atoms with van der Waals surface area (Å²) in [6.45, 7) is 27.0. The number of nitrogens with zero attached hydrogens (tertiary/aromatic N) is 4. The lowest BCUT2D eigenvalue weighted by Crippen LogP contribution is -2.56. The molecule has 6 atom stereocenters. The summed E-state index contributed by atoms with van der Waals surface area (Å²) in [6, 6.07) is 27.7. The number of carbonyl (C=O) groups excluding carboxylic acids is 5. The zero-order valence-corrected chi connectivity index (χ0v) is 53.9. The molecule has 0 unspecified atom stereocenters. The van der Waals surface area contributed by atoms with E-state index in [1.165, 1.54) is 46.7 Å². The number of nitrogens with one attached hydrogen (secondary N) is 1. The molecule has 2 aliphatic heterocycles. The fourth-order valence-electron chi connectivity index (χ4n) is 10.8. The molecule has 4 heterocycles. The first-order valence-corrected chi connectivity index (χ1v) is 31.1. The molecule has 21 heteroatoms. The third kappa shape index (κ3) is 16.8. The molecule has 0 spiro atoms. The second-order valence-corrected chi connectivity index (χ2v) is 25.6. The van der Waals surface area contributed by atoms with Crippen LogP contribution in [0.4, 0.5) is 0 Å². The largest absolute Gasteiger partial charge is 0.490 e. The molecule has 0 saturated carbocycles. The number of ether oxygens (including phenoxy) is 4. The van der Waals surface area contributed by atoms with Gasteiger partial charge in [0.1, 0.15) is 71.3 Å². The topological polar surface area (TPSA) is 247 Å². The van der Waals surface area contributed by atoms with Gasteiger partial charge in [-0.3, -0.25) is 14.4 Å². The van der Waals surface area contributed by atoms with Gasteiger partial charge in [-0.1, -0.05) is 173 Å². The second-order valence-electron chi connectivity index (χ2n) is 23.8. The van der Waals surface area contributed by atoms with Crippen molar-refractivity contribution in [2.24, 2.45) is 26.9 Å². The Morgan fingerprint density at radius 1 is 0.596 bits per heavy atom. The zero-order valence-electron chi connectivity index (χ0n) is 52.3. The average molecular weight is 1320 g/mol. The summed E-state index contributed by atoms with van der Waals surface area (Å²) in [5.74, 6) is -1.65. The maximum absolute atomic E-state index is 14.1. The number of esters is 2. The van der Waals surface area contributed by atoms with Crippen LogP contribution in [-0.2, 0) is 38.3 Å². The normalized spacial score (nSPS) is 17.7. The summed E-state index contributed by atoms with van der Waals surface area (Å²) in [6.07, 6.45) is 5.88. The van der Waals surface area contributed by atoms with Gasteiger partial charge in [0.15, 0.2) is 0 Å².